The van der Waals surface area contributed by atoms with Crippen LogP contribution in [0, 0.1) is 17.6 Å². The molecule has 1 amide bonds. The van der Waals surface area contributed by atoms with E-state index >= 15 is 0 Å². The van der Waals surface area contributed by atoms with Crippen molar-refractivity contribution in [3.8, 4) is 11.3 Å². The van der Waals surface area contributed by atoms with Crippen LogP contribution >= 0.6 is 0 Å². The molecule has 0 fully saturated rings. The van der Waals surface area contributed by atoms with E-state index in [0.29, 0.717) is 24.8 Å². The predicted molar refractivity (Wildman–Crippen MR) is 87.3 cm³/mol. The molecule has 24 heavy (non-hydrogen) atoms. The summed E-state index contributed by atoms with van der Waals surface area (Å²) < 4.78 is 32.1. The molecule has 1 aromatic carbocycles. The van der Waals surface area contributed by atoms with Crippen LogP contribution in [0.3, 0.4) is 0 Å². The van der Waals surface area contributed by atoms with Crippen molar-refractivity contribution in [3.05, 3.63) is 41.9 Å². The molecule has 1 N–H and O–H groups in total. The molecule has 1 heterocycles. The van der Waals surface area contributed by atoms with Crippen molar-refractivity contribution in [3.63, 3.8) is 0 Å². The third-order valence-corrected chi connectivity index (χ3v) is 3.60. The average molecular weight is 336 g/mol. The van der Waals surface area contributed by atoms with Gasteiger partial charge in [0.2, 0.25) is 5.91 Å². The summed E-state index contributed by atoms with van der Waals surface area (Å²) in [7, 11) is 0. The van der Waals surface area contributed by atoms with Gasteiger partial charge in [0.05, 0.1) is 11.8 Å². The second-order valence-corrected chi connectivity index (χ2v) is 6.13. The highest BCUT2D eigenvalue weighted by molar-refractivity contribution is 5.76. The van der Waals surface area contributed by atoms with Crippen LogP contribution in [0.5, 0.6) is 0 Å². The molecule has 0 saturated heterocycles. The minimum absolute atomic E-state index is 0.0635. The Labute approximate surface area is 140 Å². The molecule has 0 aliphatic rings. The minimum Gasteiger partial charge on any atom is -0.441 e. The molecule has 1 aromatic heterocycles. The van der Waals surface area contributed by atoms with E-state index in [4.69, 9.17) is 4.42 Å². The van der Waals surface area contributed by atoms with Crippen LogP contribution in [-0.2, 0) is 11.2 Å². The summed E-state index contributed by atoms with van der Waals surface area (Å²) in [5.41, 5.74) is 0.147. The van der Waals surface area contributed by atoms with Crippen molar-refractivity contribution in [2.45, 2.75) is 39.5 Å². The van der Waals surface area contributed by atoms with Crippen molar-refractivity contribution in [1.82, 2.24) is 10.3 Å². The Kier molecular flexibility index (Phi) is 6.46. The van der Waals surface area contributed by atoms with E-state index in [1.165, 1.54) is 12.3 Å². The van der Waals surface area contributed by atoms with Crippen molar-refractivity contribution in [2.24, 2.45) is 5.92 Å². The lowest BCUT2D eigenvalue weighted by molar-refractivity contribution is -0.121. The van der Waals surface area contributed by atoms with Crippen LogP contribution in [0.25, 0.3) is 11.3 Å². The SMILES string of the molecule is CC(C)CCCNC(=O)CCc1ncc(-c2ccc(F)cc2F)o1. The maximum absolute atomic E-state index is 13.7. The van der Waals surface area contributed by atoms with Gasteiger partial charge in [-0.2, -0.15) is 0 Å². The molecule has 0 bridgehead atoms. The monoisotopic (exact) mass is 336 g/mol. The zero-order valence-corrected chi connectivity index (χ0v) is 13.9. The first kappa shape index (κ1) is 18.1. The molecule has 0 saturated carbocycles. The Morgan fingerprint density at radius 2 is 2.12 bits per heavy atom. The number of amides is 1. The summed E-state index contributed by atoms with van der Waals surface area (Å²) >= 11 is 0. The lowest BCUT2D eigenvalue weighted by Crippen LogP contribution is -2.24. The number of rotatable bonds is 8. The van der Waals surface area contributed by atoms with Crippen LogP contribution < -0.4 is 5.32 Å². The number of halogens is 2. The van der Waals surface area contributed by atoms with Gasteiger partial charge in [0.25, 0.3) is 0 Å². The van der Waals surface area contributed by atoms with E-state index in [1.54, 1.807) is 0 Å². The van der Waals surface area contributed by atoms with Crippen LogP contribution in [0.1, 0.15) is 39.0 Å². The van der Waals surface area contributed by atoms with Gasteiger partial charge in [0.15, 0.2) is 11.7 Å². The van der Waals surface area contributed by atoms with Crippen LogP contribution in [0.2, 0.25) is 0 Å². The minimum atomic E-state index is -0.708. The van der Waals surface area contributed by atoms with Crippen molar-refractivity contribution in [2.75, 3.05) is 6.54 Å². The maximum atomic E-state index is 13.7. The highest BCUT2D eigenvalue weighted by Gasteiger charge is 2.12. The number of carbonyl (C=O) groups is 1. The number of hydrogen-bond acceptors (Lipinski definition) is 3. The van der Waals surface area contributed by atoms with E-state index in [0.717, 1.165) is 25.0 Å². The predicted octanol–water partition coefficient (Wildman–Crippen LogP) is 4.10. The molecule has 0 atom stereocenters. The maximum Gasteiger partial charge on any atom is 0.220 e. The van der Waals surface area contributed by atoms with Crippen molar-refractivity contribution >= 4 is 5.91 Å². The van der Waals surface area contributed by atoms with Crippen LogP contribution in [0.15, 0.2) is 28.8 Å². The lowest BCUT2D eigenvalue weighted by atomic mass is 10.1. The number of nitrogens with one attached hydrogen (secondary N) is 1. The Morgan fingerprint density at radius 1 is 1.33 bits per heavy atom. The number of nitrogens with zero attached hydrogens (tertiary/aromatic N) is 1. The normalized spacial score (nSPS) is 11.0. The van der Waals surface area contributed by atoms with Crippen LogP contribution in [0.4, 0.5) is 8.78 Å². The van der Waals surface area contributed by atoms with Gasteiger partial charge >= 0.3 is 0 Å². The zero-order valence-electron chi connectivity index (χ0n) is 13.9. The van der Waals surface area contributed by atoms with Gasteiger partial charge in [-0.25, -0.2) is 13.8 Å². The summed E-state index contributed by atoms with van der Waals surface area (Å²) in [5.74, 6) is -0.220. The van der Waals surface area contributed by atoms with Crippen molar-refractivity contribution < 1.29 is 18.0 Å². The quantitative estimate of drug-likeness (QED) is 0.738. The van der Waals surface area contributed by atoms with Gasteiger partial charge in [0.1, 0.15) is 11.6 Å². The second kappa shape index (κ2) is 8.57. The summed E-state index contributed by atoms with van der Waals surface area (Å²) in [6.07, 6.45) is 4.00. The number of benzene rings is 1. The largest absolute Gasteiger partial charge is 0.441 e. The Morgan fingerprint density at radius 3 is 2.83 bits per heavy atom. The van der Waals surface area contributed by atoms with E-state index in [2.05, 4.69) is 24.1 Å². The molecule has 0 radical (unpaired) electrons. The lowest BCUT2D eigenvalue weighted by Gasteiger charge is -2.06. The van der Waals surface area contributed by atoms with E-state index < -0.39 is 11.6 Å². The molecule has 0 aliphatic heterocycles. The third kappa shape index (κ3) is 5.44. The van der Waals surface area contributed by atoms with Gasteiger partial charge < -0.3 is 9.73 Å². The zero-order chi connectivity index (χ0) is 17.5. The molecular formula is C18H22F2N2O2. The fourth-order valence-electron chi connectivity index (χ4n) is 2.29. The first-order valence-corrected chi connectivity index (χ1v) is 8.12. The first-order chi connectivity index (χ1) is 11.5. The number of aromatic nitrogens is 1. The average Bonchev–Trinajstić information content (AvgIpc) is 2.98. The third-order valence-electron chi connectivity index (χ3n) is 3.60. The van der Waals surface area contributed by atoms with Gasteiger partial charge in [-0.3, -0.25) is 4.79 Å². The molecule has 2 rings (SSSR count). The highest BCUT2D eigenvalue weighted by Crippen LogP contribution is 2.24. The molecule has 0 spiro atoms. The summed E-state index contributed by atoms with van der Waals surface area (Å²) in [4.78, 5) is 15.8. The number of hydrogen-bond donors (Lipinski definition) is 1. The molecule has 2 aromatic rings. The summed E-state index contributed by atoms with van der Waals surface area (Å²) in [6.45, 7) is 4.95. The highest BCUT2D eigenvalue weighted by atomic mass is 19.1. The Balaban J connectivity index is 1.82. The van der Waals surface area contributed by atoms with E-state index in [9.17, 15) is 13.6 Å². The van der Waals surface area contributed by atoms with E-state index in [1.807, 2.05) is 0 Å². The smallest absolute Gasteiger partial charge is 0.220 e. The molecule has 0 unspecified atom stereocenters. The Hall–Kier alpha value is -2.24. The van der Waals surface area contributed by atoms with Gasteiger partial charge in [-0.1, -0.05) is 13.8 Å². The molecular weight excluding hydrogens is 314 g/mol. The molecule has 4 nitrogen and oxygen atoms in total. The van der Waals surface area contributed by atoms with Crippen LogP contribution in [-0.4, -0.2) is 17.4 Å². The topological polar surface area (TPSA) is 55.1 Å². The molecule has 6 heteroatoms. The fraction of sp³-hybridized carbons (Fsp3) is 0.444. The standard InChI is InChI=1S/C18H22F2N2O2/c1-12(2)4-3-9-21-17(23)7-8-18-22-11-16(24-18)14-6-5-13(19)10-15(14)20/h5-6,10-12H,3-4,7-9H2,1-2H3,(H,21,23). The van der Waals surface area contributed by atoms with Gasteiger partial charge in [0, 0.05) is 25.5 Å². The first-order valence-electron chi connectivity index (χ1n) is 8.12. The number of oxazole rings is 1. The van der Waals surface area contributed by atoms with Gasteiger partial charge in [-0.05, 0) is 30.9 Å². The summed E-state index contributed by atoms with van der Waals surface area (Å²) in [5, 5.41) is 2.85. The van der Waals surface area contributed by atoms with E-state index in [-0.39, 0.29) is 23.7 Å². The van der Waals surface area contributed by atoms with Gasteiger partial charge in [-0.15, -0.1) is 0 Å². The fourth-order valence-corrected chi connectivity index (χ4v) is 2.29. The molecule has 0 aliphatic carbocycles. The van der Waals surface area contributed by atoms with Crippen molar-refractivity contribution in [1.29, 1.82) is 0 Å². The summed E-state index contributed by atoms with van der Waals surface area (Å²) in [6, 6.07) is 3.25. The molecule has 130 valence electrons. The number of carbonyl (C=O) groups excluding carboxylic acids is 1. The number of aryl methyl sites for hydroxylation is 1. The second-order valence-electron chi connectivity index (χ2n) is 6.13. The Bertz CT molecular complexity index is 683.